The van der Waals surface area contributed by atoms with Crippen molar-refractivity contribution in [1.82, 2.24) is 9.99 Å². The number of fused-ring (bicyclic) bond motifs is 1. The molecule has 1 unspecified atom stereocenters. The molecule has 0 spiro atoms. The number of thiazole rings is 1. The van der Waals surface area contributed by atoms with Crippen LogP contribution in [0.5, 0.6) is 0 Å². The zero-order valence-electron chi connectivity index (χ0n) is 10.5. The Balaban J connectivity index is 1.88. The highest BCUT2D eigenvalue weighted by molar-refractivity contribution is 7.22. The number of amides is 1. The van der Waals surface area contributed by atoms with Gasteiger partial charge in [0.25, 0.3) is 5.91 Å². The number of para-hydroxylation sites is 1. The van der Waals surface area contributed by atoms with Crippen molar-refractivity contribution in [3.05, 3.63) is 35.4 Å². The smallest absolute Gasteiger partial charge is 0.270 e. The number of aliphatic hydroxyl groups is 1. The summed E-state index contributed by atoms with van der Waals surface area (Å²) in [6.07, 6.45) is -0.931. The highest BCUT2D eigenvalue weighted by Gasteiger charge is 2.34. The van der Waals surface area contributed by atoms with Crippen LogP contribution in [-0.2, 0) is 4.79 Å². The maximum atomic E-state index is 12.0. The lowest BCUT2D eigenvalue weighted by molar-refractivity contribution is -0.129. The fourth-order valence-corrected chi connectivity index (χ4v) is 2.84. The van der Waals surface area contributed by atoms with Crippen molar-refractivity contribution in [2.45, 2.75) is 20.1 Å². The Kier molecular flexibility index (Phi) is 2.76. The van der Waals surface area contributed by atoms with Crippen molar-refractivity contribution in [1.29, 1.82) is 0 Å². The maximum absolute atomic E-state index is 12.0. The molecule has 0 aliphatic carbocycles. The summed E-state index contributed by atoms with van der Waals surface area (Å²) in [7, 11) is 0. The summed E-state index contributed by atoms with van der Waals surface area (Å²) in [4.78, 5) is 16.3. The van der Waals surface area contributed by atoms with Gasteiger partial charge in [-0.3, -0.25) is 10.2 Å². The average Bonchev–Trinajstić information content (AvgIpc) is 2.90. The molecule has 1 aliphatic heterocycles. The molecule has 1 aliphatic rings. The summed E-state index contributed by atoms with van der Waals surface area (Å²) in [6.45, 7) is 3.46. The molecule has 0 bridgehead atoms. The number of benzene rings is 1. The largest absolute Gasteiger partial charge is 0.368 e. The first-order chi connectivity index (χ1) is 9.08. The van der Waals surface area contributed by atoms with E-state index in [-0.39, 0.29) is 5.91 Å². The van der Waals surface area contributed by atoms with Gasteiger partial charge in [0.2, 0.25) is 5.13 Å². The first-order valence-corrected chi connectivity index (χ1v) is 6.71. The van der Waals surface area contributed by atoms with Gasteiger partial charge in [0.05, 0.1) is 10.2 Å². The summed E-state index contributed by atoms with van der Waals surface area (Å²) in [6, 6.07) is 7.73. The third kappa shape index (κ3) is 1.89. The lowest BCUT2D eigenvalue weighted by atomic mass is 10.2. The Hall–Kier alpha value is -1.92. The van der Waals surface area contributed by atoms with Gasteiger partial charge in [-0.15, -0.1) is 0 Å². The number of anilines is 1. The molecular formula is C13H13N3O2S. The molecule has 3 rings (SSSR count). The molecule has 5 nitrogen and oxygen atoms in total. The van der Waals surface area contributed by atoms with E-state index in [0.717, 1.165) is 10.2 Å². The first-order valence-electron chi connectivity index (χ1n) is 5.89. The predicted molar refractivity (Wildman–Crippen MR) is 74.5 cm³/mol. The summed E-state index contributed by atoms with van der Waals surface area (Å²) in [5.74, 6) is -0.218. The molecule has 0 saturated heterocycles. The Morgan fingerprint density at radius 3 is 2.74 bits per heavy atom. The highest BCUT2D eigenvalue weighted by atomic mass is 32.1. The van der Waals surface area contributed by atoms with Crippen LogP contribution < -0.4 is 5.43 Å². The molecule has 0 radical (unpaired) electrons. The molecule has 98 valence electrons. The molecule has 1 aromatic carbocycles. The number of aliphatic hydroxyl groups excluding tert-OH is 1. The summed E-state index contributed by atoms with van der Waals surface area (Å²) in [5, 5.41) is 11.8. The van der Waals surface area contributed by atoms with Gasteiger partial charge in [-0.25, -0.2) is 9.99 Å². The van der Waals surface area contributed by atoms with Crippen molar-refractivity contribution in [3.8, 4) is 0 Å². The summed E-state index contributed by atoms with van der Waals surface area (Å²) in [5.41, 5.74) is 5.00. The number of carbonyl (C=O) groups is 1. The van der Waals surface area contributed by atoms with E-state index in [1.807, 2.05) is 24.3 Å². The normalized spacial score (nSPS) is 19.6. The van der Waals surface area contributed by atoms with Crippen molar-refractivity contribution in [3.63, 3.8) is 0 Å². The van der Waals surface area contributed by atoms with Crippen LogP contribution in [0.15, 0.2) is 35.4 Å². The van der Waals surface area contributed by atoms with Gasteiger partial charge < -0.3 is 5.11 Å². The fraction of sp³-hybridized carbons (Fsp3) is 0.231. The zero-order valence-corrected chi connectivity index (χ0v) is 11.4. The first kappa shape index (κ1) is 12.1. The van der Waals surface area contributed by atoms with Gasteiger partial charge in [0.15, 0.2) is 6.23 Å². The second kappa shape index (κ2) is 4.32. The number of hydrogen-bond acceptors (Lipinski definition) is 5. The quantitative estimate of drug-likeness (QED) is 0.881. The van der Waals surface area contributed by atoms with Gasteiger partial charge in [-0.05, 0) is 31.6 Å². The Bertz CT molecular complexity index is 659. The molecule has 1 atom stereocenters. The van der Waals surface area contributed by atoms with Crippen LogP contribution in [0, 0.1) is 0 Å². The van der Waals surface area contributed by atoms with Crippen LogP contribution in [0.3, 0.4) is 0 Å². The summed E-state index contributed by atoms with van der Waals surface area (Å²) < 4.78 is 1.03. The van der Waals surface area contributed by atoms with Crippen LogP contribution in [0.4, 0.5) is 5.13 Å². The van der Waals surface area contributed by atoms with E-state index in [2.05, 4.69) is 10.4 Å². The zero-order chi connectivity index (χ0) is 13.6. The number of carbonyl (C=O) groups excluding carboxylic acids is 1. The van der Waals surface area contributed by atoms with Crippen molar-refractivity contribution in [2.75, 3.05) is 5.43 Å². The second-order valence-electron chi connectivity index (χ2n) is 4.46. The molecule has 2 aromatic rings. The van der Waals surface area contributed by atoms with E-state index in [9.17, 15) is 9.90 Å². The second-order valence-corrected chi connectivity index (χ2v) is 5.49. The van der Waals surface area contributed by atoms with Gasteiger partial charge in [-0.2, -0.15) is 0 Å². The molecule has 2 heterocycles. The minimum absolute atomic E-state index is 0.218. The van der Waals surface area contributed by atoms with Crippen LogP contribution in [-0.4, -0.2) is 27.2 Å². The van der Waals surface area contributed by atoms with Crippen molar-refractivity contribution in [2.24, 2.45) is 0 Å². The fourth-order valence-electron chi connectivity index (χ4n) is 1.98. The lowest BCUT2D eigenvalue weighted by Crippen LogP contribution is -2.39. The van der Waals surface area contributed by atoms with Gasteiger partial charge in [-0.1, -0.05) is 23.5 Å². The van der Waals surface area contributed by atoms with Gasteiger partial charge >= 0.3 is 0 Å². The minimum Gasteiger partial charge on any atom is -0.368 e. The number of hydrazine groups is 1. The number of rotatable bonds is 2. The highest BCUT2D eigenvalue weighted by Crippen LogP contribution is 2.29. The average molecular weight is 275 g/mol. The molecular weight excluding hydrogens is 262 g/mol. The molecule has 0 saturated carbocycles. The minimum atomic E-state index is -0.931. The molecule has 0 fully saturated rings. The van der Waals surface area contributed by atoms with E-state index >= 15 is 0 Å². The SMILES string of the molecule is CC1=C(C)C(O)N(Nc2nc3ccccc3s2)C1=O. The number of nitrogens with one attached hydrogen (secondary N) is 1. The number of nitrogens with zero attached hydrogens (tertiary/aromatic N) is 2. The molecule has 2 N–H and O–H groups in total. The van der Waals surface area contributed by atoms with Crippen LogP contribution in [0.2, 0.25) is 0 Å². The van der Waals surface area contributed by atoms with E-state index in [0.29, 0.717) is 16.3 Å². The van der Waals surface area contributed by atoms with Gasteiger partial charge in [0.1, 0.15) is 0 Å². The molecule has 19 heavy (non-hydrogen) atoms. The van der Waals surface area contributed by atoms with E-state index in [4.69, 9.17) is 0 Å². The van der Waals surface area contributed by atoms with E-state index in [1.165, 1.54) is 16.3 Å². The van der Waals surface area contributed by atoms with E-state index < -0.39 is 6.23 Å². The molecule has 1 aromatic heterocycles. The molecule has 1 amide bonds. The lowest BCUT2D eigenvalue weighted by Gasteiger charge is -2.21. The standard InChI is InChI=1S/C13H13N3O2S/c1-7-8(2)12(18)16(11(7)17)15-13-14-9-5-3-4-6-10(9)19-13/h3-6,11,17H,1-2H3,(H,14,15). The van der Waals surface area contributed by atoms with Crippen LogP contribution in [0.25, 0.3) is 10.2 Å². The van der Waals surface area contributed by atoms with Crippen molar-refractivity contribution >= 4 is 32.6 Å². The Labute approximate surface area is 114 Å². The third-order valence-electron chi connectivity index (χ3n) is 3.27. The summed E-state index contributed by atoms with van der Waals surface area (Å²) >= 11 is 1.44. The maximum Gasteiger partial charge on any atom is 0.270 e. The third-order valence-corrected chi connectivity index (χ3v) is 4.21. The predicted octanol–water partition coefficient (Wildman–Crippen LogP) is 2.12. The van der Waals surface area contributed by atoms with E-state index in [1.54, 1.807) is 13.8 Å². The monoisotopic (exact) mass is 275 g/mol. The number of aromatic nitrogens is 1. The van der Waals surface area contributed by atoms with Crippen LogP contribution >= 0.6 is 11.3 Å². The van der Waals surface area contributed by atoms with Gasteiger partial charge in [0, 0.05) is 5.57 Å². The Morgan fingerprint density at radius 1 is 1.37 bits per heavy atom. The molecule has 6 heteroatoms. The topological polar surface area (TPSA) is 65.5 Å². The Morgan fingerprint density at radius 2 is 2.11 bits per heavy atom. The van der Waals surface area contributed by atoms with Crippen LogP contribution in [0.1, 0.15) is 13.8 Å². The van der Waals surface area contributed by atoms with Crippen molar-refractivity contribution < 1.29 is 9.90 Å². The number of hydrogen-bond donors (Lipinski definition) is 2.